The Labute approximate surface area is 142 Å². The Bertz CT molecular complexity index is 611. The molecule has 2 rings (SSSR count). The van der Waals surface area contributed by atoms with Crippen LogP contribution in [0.2, 0.25) is 0 Å². The number of rotatable bonds is 8. The third kappa shape index (κ3) is 3.87. The fraction of sp³-hybridized carbons (Fsp3) is 0.556. The zero-order chi connectivity index (χ0) is 17.7. The average Bonchev–Trinajstić information content (AvgIpc) is 3.41. The summed E-state index contributed by atoms with van der Waals surface area (Å²) in [5.41, 5.74) is -0.0552. The van der Waals surface area contributed by atoms with Gasteiger partial charge >= 0.3 is 5.97 Å². The Morgan fingerprint density at radius 1 is 1.25 bits per heavy atom. The molecule has 0 bridgehead atoms. The number of hydrogen-bond acceptors (Lipinski definition) is 5. The summed E-state index contributed by atoms with van der Waals surface area (Å²) in [4.78, 5) is 24.7. The minimum absolute atomic E-state index is 0.216. The molecule has 1 saturated carbocycles. The molecule has 1 aliphatic rings. The van der Waals surface area contributed by atoms with Crippen LogP contribution in [0.25, 0.3) is 0 Å². The number of hydrogen-bond donors (Lipinski definition) is 1. The molecule has 1 amide bonds. The molecule has 6 heteroatoms. The van der Waals surface area contributed by atoms with Crippen LogP contribution in [0.1, 0.15) is 44.0 Å². The molecule has 0 aliphatic heterocycles. The molecule has 0 spiro atoms. The zero-order valence-electron chi connectivity index (χ0n) is 14.7. The Balaban J connectivity index is 2.22. The molecular formula is C18H25NO5. The minimum Gasteiger partial charge on any atom is -0.493 e. The van der Waals surface area contributed by atoms with E-state index < -0.39 is 11.6 Å². The van der Waals surface area contributed by atoms with Crippen molar-refractivity contribution < 1.29 is 23.8 Å². The monoisotopic (exact) mass is 335 g/mol. The second-order valence-corrected chi connectivity index (χ2v) is 5.90. The van der Waals surface area contributed by atoms with Crippen LogP contribution in [-0.4, -0.2) is 37.8 Å². The molecule has 6 nitrogen and oxygen atoms in total. The molecular weight excluding hydrogens is 310 g/mol. The maximum absolute atomic E-state index is 12.6. The number of carbonyl (C=O) groups is 2. The third-order valence-electron chi connectivity index (χ3n) is 4.26. The molecule has 1 aromatic carbocycles. The normalized spacial score (nSPS) is 16.2. The summed E-state index contributed by atoms with van der Waals surface area (Å²) < 4.78 is 16.0. The number of benzene rings is 1. The van der Waals surface area contributed by atoms with Crippen molar-refractivity contribution in [1.29, 1.82) is 0 Å². The van der Waals surface area contributed by atoms with E-state index in [1.807, 2.05) is 6.92 Å². The predicted octanol–water partition coefficient (Wildman–Crippen LogP) is 3.02. The van der Waals surface area contributed by atoms with Crippen molar-refractivity contribution in [3.63, 3.8) is 0 Å². The molecule has 0 radical (unpaired) electrons. The van der Waals surface area contributed by atoms with Crippen molar-refractivity contribution in [2.24, 2.45) is 5.92 Å². The van der Waals surface area contributed by atoms with Crippen molar-refractivity contribution >= 4 is 17.6 Å². The number of methoxy groups -OCH3 is 1. The first kappa shape index (κ1) is 18.3. The summed E-state index contributed by atoms with van der Waals surface area (Å²) >= 11 is 0. The first-order valence-electron chi connectivity index (χ1n) is 8.26. The number of ether oxygens (including phenoxy) is 3. The van der Waals surface area contributed by atoms with Gasteiger partial charge in [0, 0.05) is 12.8 Å². The molecule has 1 unspecified atom stereocenters. The quantitative estimate of drug-likeness (QED) is 0.739. The Kier molecular flexibility index (Phi) is 5.83. The third-order valence-corrected chi connectivity index (χ3v) is 4.26. The van der Waals surface area contributed by atoms with Crippen molar-refractivity contribution in [1.82, 2.24) is 0 Å². The van der Waals surface area contributed by atoms with Crippen LogP contribution in [0.5, 0.6) is 5.75 Å². The fourth-order valence-corrected chi connectivity index (χ4v) is 2.59. The lowest BCUT2D eigenvalue weighted by atomic mass is 9.99. The highest BCUT2D eigenvalue weighted by molar-refractivity contribution is 6.00. The lowest BCUT2D eigenvalue weighted by Gasteiger charge is -2.26. The number of carbonyl (C=O) groups excluding carboxylic acids is 2. The van der Waals surface area contributed by atoms with E-state index in [9.17, 15) is 9.59 Å². The van der Waals surface area contributed by atoms with Crippen LogP contribution in [-0.2, 0) is 14.3 Å². The predicted molar refractivity (Wildman–Crippen MR) is 90.3 cm³/mol. The van der Waals surface area contributed by atoms with Crippen molar-refractivity contribution in [3.8, 4) is 5.75 Å². The summed E-state index contributed by atoms with van der Waals surface area (Å²) in [6.07, 6.45) is 1.96. The molecule has 0 saturated heterocycles. The highest BCUT2D eigenvalue weighted by Crippen LogP contribution is 2.42. The average molecular weight is 335 g/mol. The minimum atomic E-state index is -0.858. The van der Waals surface area contributed by atoms with E-state index in [4.69, 9.17) is 14.2 Å². The molecule has 132 valence electrons. The number of nitrogens with one attached hydrogen (secondary N) is 1. The van der Waals surface area contributed by atoms with Gasteiger partial charge in [-0.1, -0.05) is 0 Å². The van der Waals surface area contributed by atoms with Crippen LogP contribution in [0.3, 0.4) is 0 Å². The standard InChI is InChI=1S/C18H25NO5/c1-5-23-15-10-9-13(11-14(15)16(20)24-6-2)19-17(21)18(3,22-4)12-7-8-12/h9-12H,5-8H2,1-4H3,(H,19,21). The van der Waals surface area contributed by atoms with Crippen LogP contribution in [0, 0.1) is 5.92 Å². The second kappa shape index (κ2) is 7.66. The largest absolute Gasteiger partial charge is 0.493 e. The van der Waals surface area contributed by atoms with E-state index in [-0.39, 0.29) is 18.4 Å². The van der Waals surface area contributed by atoms with E-state index in [0.29, 0.717) is 23.6 Å². The number of amides is 1. The Hall–Kier alpha value is -2.08. The van der Waals surface area contributed by atoms with Gasteiger partial charge in [-0.2, -0.15) is 0 Å². The van der Waals surface area contributed by atoms with Crippen LogP contribution in [0.15, 0.2) is 18.2 Å². The molecule has 0 heterocycles. The highest BCUT2D eigenvalue weighted by Gasteiger charge is 2.47. The molecule has 1 atom stereocenters. The highest BCUT2D eigenvalue weighted by atomic mass is 16.5. The first-order valence-corrected chi connectivity index (χ1v) is 8.26. The van der Waals surface area contributed by atoms with Gasteiger partial charge < -0.3 is 19.5 Å². The number of anilines is 1. The summed E-state index contributed by atoms with van der Waals surface area (Å²) in [6, 6.07) is 4.94. The Morgan fingerprint density at radius 2 is 1.96 bits per heavy atom. The van der Waals surface area contributed by atoms with Gasteiger partial charge in [0.1, 0.15) is 16.9 Å². The van der Waals surface area contributed by atoms with Gasteiger partial charge in [-0.05, 0) is 57.7 Å². The maximum Gasteiger partial charge on any atom is 0.341 e. The smallest absolute Gasteiger partial charge is 0.341 e. The summed E-state index contributed by atoms with van der Waals surface area (Å²) in [5, 5.41) is 2.83. The molecule has 24 heavy (non-hydrogen) atoms. The van der Waals surface area contributed by atoms with Gasteiger partial charge in [0.15, 0.2) is 0 Å². The summed E-state index contributed by atoms with van der Waals surface area (Å²) in [6.45, 7) is 6.07. The van der Waals surface area contributed by atoms with Gasteiger partial charge in [-0.15, -0.1) is 0 Å². The SMILES string of the molecule is CCOC(=O)c1cc(NC(=O)C(C)(OC)C2CC2)ccc1OCC. The Morgan fingerprint density at radius 3 is 2.50 bits per heavy atom. The van der Waals surface area contributed by atoms with Crippen molar-refractivity contribution in [3.05, 3.63) is 23.8 Å². The van der Waals surface area contributed by atoms with E-state index >= 15 is 0 Å². The van der Waals surface area contributed by atoms with E-state index in [0.717, 1.165) is 12.8 Å². The summed E-state index contributed by atoms with van der Waals surface area (Å²) in [7, 11) is 1.54. The second-order valence-electron chi connectivity index (χ2n) is 5.90. The van der Waals surface area contributed by atoms with Gasteiger partial charge in [-0.25, -0.2) is 4.79 Å². The lowest BCUT2D eigenvalue weighted by molar-refractivity contribution is -0.138. The van der Waals surface area contributed by atoms with Gasteiger partial charge in [0.05, 0.1) is 13.2 Å². The van der Waals surface area contributed by atoms with Crippen LogP contribution in [0.4, 0.5) is 5.69 Å². The van der Waals surface area contributed by atoms with E-state index in [1.165, 1.54) is 0 Å². The first-order chi connectivity index (χ1) is 11.5. The van der Waals surface area contributed by atoms with Gasteiger partial charge in [0.2, 0.25) is 0 Å². The molecule has 1 fully saturated rings. The van der Waals surface area contributed by atoms with Gasteiger partial charge in [-0.3, -0.25) is 4.79 Å². The number of esters is 1. The molecule has 1 N–H and O–H groups in total. The van der Waals surface area contributed by atoms with E-state index in [2.05, 4.69) is 5.32 Å². The van der Waals surface area contributed by atoms with Crippen LogP contribution >= 0.6 is 0 Å². The molecule has 0 aromatic heterocycles. The molecule has 1 aliphatic carbocycles. The lowest BCUT2D eigenvalue weighted by Crippen LogP contribution is -2.44. The fourth-order valence-electron chi connectivity index (χ4n) is 2.59. The van der Waals surface area contributed by atoms with Crippen molar-refractivity contribution in [2.45, 2.75) is 39.2 Å². The van der Waals surface area contributed by atoms with Crippen molar-refractivity contribution in [2.75, 3.05) is 25.6 Å². The topological polar surface area (TPSA) is 73.9 Å². The summed E-state index contributed by atoms with van der Waals surface area (Å²) in [5.74, 6) is -0.0272. The molecule has 1 aromatic rings. The zero-order valence-corrected chi connectivity index (χ0v) is 14.7. The maximum atomic E-state index is 12.6. The van der Waals surface area contributed by atoms with E-state index in [1.54, 1.807) is 39.2 Å². The van der Waals surface area contributed by atoms with Gasteiger partial charge in [0.25, 0.3) is 5.91 Å². The van der Waals surface area contributed by atoms with Crippen LogP contribution < -0.4 is 10.1 Å².